The number of furan rings is 1. The lowest BCUT2D eigenvalue weighted by Crippen LogP contribution is -2.25. The largest absolute Gasteiger partial charge is 0.453 e. The molecule has 1 aromatic rings. The van der Waals surface area contributed by atoms with Crippen molar-refractivity contribution in [3.63, 3.8) is 0 Å². The van der Waals surface area contributed by atoms with Crippen LogP contribution in [0, 0.1) is 0 Å². The van der Waals surface area contributed by atoms with E-state index in [4.69, 9.17) is 9.15 Å². The second kappa shape index (κ2) is 7.91. The van der Waals surface area contributed by atoms with E-state index in [1.54, 1.807) is 6.07 Å². The fraction of sp³-hybridized carbons (Fsp3) is 0.583. The lowest BCUT2D eigenvalue weighted by molar-refractivity contribution is -0.173. The number of amides is 1. The zero-order chi connectivity index (χ0) is 15.0. The minimum absolute atomic E-state index is 0.0765. The summed E-state index contributed by atoms with van der Waals surface area (Å²) in [6.07, 6.45) is -4.04. The van der Waals surface area contributed by atoms with E-state index < -0.39 is 18.7 Å². The van der Waals surface area contributed by atoms with Gasteiger partial charge in [-0.2, -0.15) is 13.2 Å². The fourth-order valence-corrected chi connectivity index (χ4v) is 1.37. The third kappa shape index (κ3) is 6.58. The van der Waals surface area contributed by atoms with Crippen molar-refractivity contribution in [3.8, 4) is 0 Å². The second-order valence-corrected chi connectivity index (χ2v) is 3.98. The summed E-state index contributed by atoms with van der Waals surface area (Å²) in [7, 11) is 1.50. The molecule has 1 N–H and O–H groups in total. The number of nitrogens with one attached hydrogen (secondary N) is 1. The zero-order valence-electron chi connectivity index (χ0n) is 11.0. The second-order valence-electron chi connectivity index (χ2n) is 3.98. The number of alkyl halides is 3. The molecule has 20 heavy (non-hydrogen) atoms. The van der Waals surface area contributed by atoms with Gasteiger partial charge in [0.1, 0.15) is 19.0 Å². The molecule has 0 aromatic carbocycles. The predicted octanol–water partition coefficient (Wildman–Crippen LogP) is 2.12. The smallest absolute Gasteiger partial charge is 0.411 e. The first-order valence-corrected chi connectivity index (χ1v) is 5.92. The number of halogens is 3. The molecule has 0 fully saturated rings. The van der Waals surface area contributed by atoms with Crippen LogP contribution in [0.2, 0.25) is 0 Å². The molecule has 0 saturated heterocycles. The van der Waals surface area contributed by atoms with Gasteiger partial charge in [0.05, 0.1) is 0 Å². The molecule has 0 unspecified atom stereocenters. The Kier molecular flexibility index (Phi) is 6.53. The first-order chi connectivity index (χ1) is 9.42. The van der Waals surface area contributed by atoms with Gasteiger partial charge in [0.25, 0.3) is 5.91 Å². The van der Waals surface area contributed by atoms with E-state index in [9.17, 15) is 18.0 Å². The van der Waals surface area contributed by atoms with Crippen LogP contribution in [-0.4, -0.2) is 39.0 Å². The number of hydrogen-bond donors (Lipinski definition) is 1. The first-order valence-electron chi connectivity index (χ1n) is 5.92. The lowest BCUT2D eigenvalue weighted by Gasteiger charge is -2.07. The van der Waals surface area contributed by atoms with Gasteiger partial charge in [-0.1, -0.05) is 0 Å². The van der Waals surface area contributed by atoms with Crippen LogP contribution in [-0.2, 0) is 16.1 Å². The van der Waals surface area contributed by atoms with Gasteiger partial charge in [-0.05, 0) is 18.6 Å². The predicted molar refractivity (Wildman–Crippen MR) is 63.2 cm³/mol. The molecule has 0 bridgehead atoms. The Hall–Kier alpha value is -1.54. The lowest BCUT2D eigenvalue weighted by atomic mass is 10.4. The van der Waals surface area contributed by atoms with Crippen molar-refractivity contribution in [2.75, 3.05) is 26.9 Å². The van der Waals surface area contributed by atoms with E-state index in [2.05, 4.69) is 10.1 Å². The minimum Gasteiger partial charge on any atom is -0.453 e. The van der Waals surface area contributed by atoms with Crippen LogP contribution in [0.1, 0.15) is 22.7 Å². The maximum atomic E-state index is 11.8. The molecule has 0 radical (unpaired) electrons. The molecule has 1 aromatic heterocycles. The summed E-state index contributed by atoms with van der Waals surface area (Å²) in [5.74, 6) is 0.225. The SMILES string of the molecule is COCc1ccc(C(=O)NCCCOCC(F)(F)F)o1. The summed E-state index contributed by atoms with van der Waals surface area (Å²) in [6, 6.07) is 3.12. The summed E-state index contributed by atoms with van der Waals surface area (Å²) in [4.78, 5) is 11.6. The summed E-state index contributed by atoms with van der Waals surface area (Å²) < 4.78 is 49.7. The molecule has 0 atom stereocenters. The van der Waals surface area contributed by atoms with Crippen LogP contribution in [0.3, 0.4) is 0 Å². The number of carbonyl (C=O) groups is 1. The van der Waals surface area contributed by atoms with Crippen molar-refractivity contribution in [1.82, 2.24) is 5.32 Å². The molecule has 1 heterocycles. The standard InChI is InChI=1S/C12H16F3NO4/c1-18-7-9-3-4-10(20-9)11(17)16-5-2-6-19-8-12(13,14)15/h3-4H,2,5-8H2,1H3,(H,16,17). The summed E-state index contributed by atoms with van der Waals surface area (Å²) >= 11 is 0. The Morgan fingerprint density at radius 3 is 2.80 bits per heavy atom. The molecule has 0 spiro atoms. The highest BCUT2D eigenvalue weighted by molar-refractivity contribution is 5.91. The van der Waals surface area contributed by atoms with Crippen molar-refractivity contribution in [1.29, 1.82) is 0 Å². The Labute approximate surface area is 114 Å². The monoisotopic (exact) mass is 295 g/mol. The van der Waals surface area contributed by atoms with E-state index >= 15 is 0 Å². The molecular formula is C12H16F3NO4. The van der Waals surface area contributed by atoms with Crippen LogP contribution in [0.5, 0.6) is 0 Å². The molecule has 0 aliphatic heterocycles. The maximum absolute atomic E-state index is 11.8. The molecule has 0 aliphatic rings. The normalized spacial score (nSPS) is 11.6. The Morgan fingerprint density at radius 2 is 2.15 bits per heavy atom. The van der Waals surface area contributed by atoms with Crippen LogP contribution in [0.25, 0.3) is 0 Å². The van der Waals surface area contributed by atoms with Gasteiger partial charge in [0.2, 0.25) is 0 Å². The van der Waals surface area contributed by atoms with E-state index in [1.165, 1.54) is 13.2 Å². The average molecular weight is 295 g/mol. The van der Waals surface area contributed by atoms with Crippen LogP contribution in [0.15, 0.2) is 16.5 Å². The molecule has 8 heteroatoms. The third-order valence-corrected chi connectivity index (χ3v) is 2.19. The zero-order valence-corrected chi connectivity index (χ0v) is 11.0. The molecular weight excluding hydrogens is 279 g/mol. The number of carbonyl (C=O) groups excluding carboxylic acids is 1. The Morgan fingerprint density at radius 1 is 1.40 bits per heavy atom. The molecule has 1 rings (SSSR count). The van der Waals surface area contributed by atoms with Gasteiger partial charge >= 0.3 is 6.18 Å². The van der Waals surface area contributed by atoms with Crippen molar-refractivity contribution < 1.29 is 31.9 Å². The number of methoxy groups -OCH3 is 1. The third-order valence-electron chi connectivity index (χ3n) is 2.19. The van der Waals surface area contributed by atoms with Gasteiger partial charge < -0.3 is 19.2 Å². The van der Waals surface area contributed by atoms with Crippen molar-refractivity contribution >= 4 is 5.91 Å². The van der Waals surface area contributed by atoms with Gasteiger partial charge in [0.15, 0.2) is 5.76 Å². The van der Waals surface area contributed by atoms with Gasteiger partial charge in [0, 0.05) is 20.3 Å². The first kappa shape index (κ1) is 16.5. The maximum Gasteiger partial charge on any atom is 0.411 e. The summed E-state index contributed by atoms with van der Waals surface area (Å²) in [5, 5.41) is 2.52. The molecule has 0 saturated carbocycles. The van der Waals surface area contributed by atoms with E-state index in [1.807, 2.05) is 0 Å². The summed E-state index contributed by atoms with van der Waals surface area (Å²) in [6.45, 7) is -0.887. The quantitative estimate of drug-likeness (QED) is 0.746. The highest BCUT2D eigenvalue weighted by Gasteiger charge is 2.27. The summed E-state index contributed by atoms with van der Waals surface area (Å²) in [5.41, 5.74) is 0. The molecule has 114 valence electrons. The van der Waals surface area contributed by atoms with Crippen molar-refractivity contribution in [3.05, 3.63) is 23.7 Å². The fourth-order valence-electron chi connectivity index (χ4n) is 1.37. The van der Waals surface area contributed by atoms with E-state index in [0.29, 0.717) is 5.76 Å². The van der Waals surface area contributed by atoms with Crippen molar-refractivity contribution in [2.45, 2.75) is 19.2 Å². The Balaban J connectivity index is 2.16. The molecule has 5 nitrogen and oxygen atoms in total. The van der Waals surface area contributed by atoms with Crippen LogP contribution in [0.4, 0.5) is 13.2 Å². The minimum atomic E-state index is -4.32. The van der Waals surface area contributed by atoms with Gasteiger partial charge in [-0.25, -0.2) is 0 Å². The van der Waals surface area contributed by atoms with Crippen LogP contribution >= 0.6 is 0 Å². The van der Waals surface area contributed by atoms with Crippen LogP contribution < -0.4 is 5.32 Å². The van der Waals surface area contributed by atoms with Gasteiger partial charge in [-0.3, -0.25) is 4.79 Å². The average Bonchev–Trinajstić information content (AvgIpc) is 2.81. The molecule has 1 amide bonds. The highest BCUT2D eigenvalue weighted by Crippen LogP contribution is 2.14. The van der Waals surface area contributed by atoms with E-state index in [0.717, 1.165) is 0 Å². The number of ether oxygens (including phenoxy) is 2. The van der Waals surface area contributed by atoms with E-state index in [-0.39, 0.29) is 31.9 Å². The molecule has 0 aliphatic carbocycles. The Bertz CT molecular complexity index is 417. The topological polar surface area (TPSA) is 60.7 Å². The number of rotatable bonds is 8. The van der Waals surface area contributed by atoms with Gasteiger partial charge in [-0.15, -0.1) is 0 Å². The highest BCUT2D eigenvalue weighted by atomic mass is 19.4. The van der Waals surface area contributed by atoms with Crippen molar-refractivity contribution in [2.24, 2.45) is 0 Å². The number of hydrogen-bond acceptors (Lipinski definition) is 4.